The molecule has 0 saturated carbocycles. The van der Waals surface area contributed by atoms with E-state index >= 15 is 0 Å². The van der Waals surface area contributed by atoms with Crippen LogP contribution in [0.2, 0.25) is 0 Å². The highest BCUT2D eigenvalue weighted by Gasteiger charge is 2.23. The molecule has 14 heavy (non-hydrogen) atoms. The number of unbranched alkanes of at least 4 members (excludes halogenated alkanes) is 1. The zero-order chi connectivity index (χ0) is 10.4. The molecule has 0 N–H and O–H groups in total. The van der Waals surface area contributed by atoms with Gasteiger partial charge in [0.2, 0.25) is 0 Å². The number of esters is 1. The summed E-state index contributed by atoms with van der Waals surface area (Å²) in [7, 11) is 0. The molecule has 0 spiro atoms. The van der Waals surface area contributed by atoms with E-state index in [9.17, 15) is 4.79 Å². The minimum Gasteiger partial charge on any atom is -0.462 e. The summed E-state index contributed by atoms with van der Waals surface area (Å²) < 4.78 is 10.1. The quantitative estimate of drug-likeness (QED) is 0.272. The van der Waals surface area contributed by atoms with Crippen LogP contribution in [0.15, 0.2) is 12.2 Å². The Balaban J connectivity index is 2.05. The number of hydrogen-bond acceptors (Lipinski definition) is 3. The lowest BCUT2D eigenvalue weighted by molar-refractivity contribution is -0.139. The van der Waals surface area contributed by atoms with E-state index in [0.29, 0.717) is 24.7 Å². The van der Waals surface area contributed by atoms with Crippen LogP contribution < -0.4 is 0 Å². The summed E-state index contributed by atoms with van der Waals surface area (Å²) in [5.74, 6) is -0.251. The molecule has 0 aromatic carbocycles. The lowest BCUT2D eigenvalue weighted by atomic mass is 10.1. The topological polar surface area (TPSA) is 38.8 Å². The molecule has 1 rings (SSSR count). The Hall–Kier alpha value is -0.830. The maximum atomic E-state index is 11.3. The van der Waals surface area contributed by atoms with Crippen molar-refractivity contribution in [1.82, 2.24) is 0 Å². The molecule has 1 aliphatic rings. The van der Waals surface area contributed by atoms with Gasteiger partial charge in [0.25, 0.3) is 0 Å². The second kappa shape index (κ2) is 5.81. The maximum Gasteiger partial charge on any atom is 0.333 e. The molecule has 0 aliphatic carbocycles. The molecule has 3 nitrogen and oxygen atoms in total. The first-order chi connectivity index (χ1) is 6.74. The van der Waals surface area contributed by atoms with Gasteiger partial charge >= 0.3 is 5.97 Å². The van der Waals surface area contributed by atoms with Crippen molar-refractivity contribution in [2.24, 2.45) is 0 Å². The van der Waals surface area contributed by atoms with Gasteiger partial charge in [0, 0.05) is 5.57 Å². The van der Waals surface area contributed by atoms with Crippen LogP contribution in [0.25, 0.3) is 0 Å². The van der Waals surface area contributed by atoms with E-state index in [1.807, 2.05) is 0 Å². The molecule has 80 valence electrons. The van der Waals surface area contributed by atoms with Gasteiger partial charge in [0.05, 0.1) is 19.3 Å². The maximum absolute atomic E-state index is 11.3. The average Bonchev–Trinajstić information content (AvgIpc) is 2.98. The van der Waals surface area contributed by atoms with Crippen LogP contribution in [0.1, 0.15) is 32.6 Å². The van der Waals surface area contributed by atoms with Gasteiger partial charge in [-0.2, -0.15) is 0 Å². The highest BCUT2D eigenvalue weighted by Crippen LogP contribution is 2.18. The molecular weight excluding hydrogens is 180 g/mol. The number of ether oxygens (including phenoxy) is 2. The number of rotatable bonds is 7. The van der Waals surface area contributed by atoms with E-state index in [-0.39, 0.29) is 5.97 Å². The fourth-order valence-electron chi connectivity index (χ4n) is 1.08. The summed E-state index contributed by atoms with van der Waals surface area (Å²) in [4.78, 5) is 11.3. The van der Waals surface area contributed by atoms with E-state index < -0.39 is 0 Å². The van der Waals surface area contributed by atoms with Crippen molar-refractivity contribution in [2.75, 3.05) is 13.2 Å². The van der Waals surface area contributed by atoms with Crippen LogP contribution >= 0.6 is 0 Å². The van der Waals surface area contributed by atoms with Crippen molar-refractivity contribution in [3.63, 3.8) is 0 Å². The first-order valence-corrected chi connectivity index (χ1v) is 5.20. The third kappa shape index (κ3) is 4.42. The fourth-order valence-corrected chi connectivity index (χ4v) is 1.08. The van der Waals surface area contributed by atoms with Gasteiger partial charge in [0.1, 0.15) is 0 Å². The van der Waals surface area contributed by atoms with Gasteiger partial charge in [-0.3, -0.25) is 0 Å². The minimum absolute atomic E-state index is 0.251. The summed E-state index contributed by atoms with van der Waals surface area (Å²) in [6.07, 6.45) is 3.90. The van der Waals surface area contributed by atoms with Gasteiger partial charge in [0.15, 0.2) is 0 Å². The molecule has 1 unspecified atom stereocenters. The van der Waals surface area contributed by atoms with Gasteiger partial charge in [-0.1, -0.05) is 19.9 Å². The summed E-state index contributed by atoms with van der Waals surface area (Å²) in [6, 6.07) is 0. The Labute approximate surface area is 85.1 Å². The van der Waals surface area contributed by atoms with E-state index in [1.165, 1.54) is 0 Å². The molecule has 0 radical (unpaired) electrons. The fraction of sp³-hybridized carbons (Fsp3) is 0.727. The molecule has 0 bridgehead atoms. The van der Waals surface area contributed by atoms with Crippen LogP contribution in [0.5, 0.6) is 0 Å². The Morgan fingerprint density at radius 1 is 1.64 bits per heavy atom. The first kappa shape index (κ1) is 11.2. The Morgan fingerprint density at radius 2 is 2.36 bits per heavy atom. The molecular formula is C11H18O3. The van der Waals surface area contributed by atoms with Crippen molar-refractivity contribution in [3.8, 4) is 0 Å². The van der Waals surface area contributed by atoms with Crippen LogP contribution in [-0.4, -0.2) is 25.3 Å². The molecule has 1 aliphatic heterocycles. The van der Waals surface area contributed by atoms with Gasteiger partial charge in [-0.05, 0) is 19.3 Å². The number of carbonyl (C=O) groups excluding carboxylic acids is 1. The van der Waals surface area contributed by atoms with Crippen LogP contribution in [0, 0.1) is 0 Å². The zero-order valence-electron chi connectivity index (χ0n) is 8.75. The average molecular weight is 198 g/mol. The number of hydrogen-bond donors (Lipinski definition) is 0. The molecule has 3 heteroatoms. The number of carbonyl (C=O) groups is 1. The largest absolute Gasteiger partial charge is 0.462 e. The lowest BCUT2D eigenvalue weighted by Crippen LogP contribution is -2.08. The summed E-state index contributed by atoms with van der Waals surface area (Å²) in [5, 5.41) is 0. The highest BCUT2D eigenvalue weighted by molar-refractivity contribution is 5.87. The van der Waals surface area contributed by atoms with E-state index in [1.54, 1.807) is 0 Å². The highest BCUT2D eigenvalue weighted by atomic mass is 16.6. The molecule has 1 fully saturated rings. The normalized spacial score (nSPS) is 19.1. The predicted octanol–water partition coefficient (Wildman–Crippen LogP) is 2.06. The van der Waals surface area contributed by atoms with Crippen LogP contribution in [0.4, 0.5) is 0 Å². The van der Waals surface area contributed by atoms with Crippen molar-refractivity contribution in [3.05, 3.63) is 12.2 Å². The standard InChI is InChI=1S/C11H18O3/c1-3-4-7-13-11(12)9(2)5-6-10-8-14-10/h10H,2-8H2,1H3. The van der Waals surface area contributed by atoms with Crippen LogP contribution in [-0.2, 0) is 14.3 Å². The van der Waals surface area contributed by atoms with E-state index in [2.05, 4.69) is 13.5 Å². The minimum atomic E-state index is -0.251. The summed E-state index contributed by atoms with van der Waals surface area (Å²) in [6.45, 7) is 7.11. The van der Waals surface area contributed by atoms with Gasteiger partial charge in [-0.15, -0.1) is 0 Å². The van der Waals surface area contributed by atoms with Crippen molar-refractivity contribution in [2.45, 2.75) is 38.7 Å². The lowest BCUT2D eigenvalue weighted by Gasteiger charge is -2.05. The van der Waals surface area contributed by atoms with Gasteiger partial charge in [-0.25, -0.2) is 4.79 Å². The Morgan fingerprint density at radius 3 is 2.93 bits per heavy atom. The molecule has 1 heterocycles. The van der Waals surface area contributed by atoms with E-state index in [4.69, 9.17) is 9.47 Å². The summed E-state index contributed by atoms with van der Waals surface area (Å²) >= 11 is 0. The third-order valence-corrected chi connectivity index (χ3v) is 2.19. The molecule has 0 aromatic heterocycles. The summed E-state index contributed by atoms with van der Waals surface area (Å²) in [5.41, 5.74) is 0.566. The molecule has 1 atom stereocenters. The number of epoxide rings is 1. The second-order valence-corrected chi connectivity index (χ2v) is 3.59. The molecule has 0 aromatic rings. The molecule has 0 amide bonds. The third-order valence-electron chi connectivity index (χ3n) is 2.19. The molecule has 1 saturated heterocycles. The van der Waals surface area contributed by atoms with Crippen molar-refractivity contribution < 1.29 is 14.3 Å². The van der Waals surface area contributed by atoms with Gasteiger partial charge < -0.3 is 9.47 Å². The monoisotopic (exact) mass is 198 g/mol. The smallest absolute Gasteiger partial charge is 0.333 e. The van der Waals surface area contributed by atoms with E-state index in [0.717, 1.165) is 25.9 Å². The Kier molecular flexibility index (Phi) is 4.66. The predicted molar refractivity (Wildman–Crippen MR) is 54.0 cm³/mol. The Bertz CT molecular complexity index is 207. The first-order valence-electron chi connectivity index (χ1n) is 5.20. The van der Waals surface area contributed by atoms with Crippen LogP contribution in [0.3, 0.4) is 0 Å². The second-order valence-electron chi connectivity index (χ2n) is 3.59. The van der Waals surface area contributed by atoms with Crippen molar-refractivity contribution in [1.29, 1.82) is 0 Å². The zero-order valence-corrected chi connectivity index (χ0v) is 8.75. The SMILES string of the molecule is C=C(CCC1CO1)C(=O)OCCCC. The van der Waals surface area contributed by atoms with Crippen molar-refractivity contribution >= 4 is 5.97 Å².